The lowest BCUT2D eigenvalue weighted by Gasteiger charge is -2.35. The van der Waals surface area contributed by atoms with E-state index < -0.39 is 0 Å². The van der Waals surface area contributed by atoms with E-state index in [1.165, 1.54) is 0 Å². The minimum absolute atomic E-state index is 0.0214. The third-order valence-corrected chi connectivity index (χ3v) is 3.49. The van der Waals surface area contributed by atoms with E-state index in [1.807, 2.05) is 7.05 Å². The highest BCUT2D eigenvalue weighted by Crippen LogP contribution is 2.24. The predicted molar refractivity (Wildman–Crippen MR) is 69.5 cm³/mol. The highest BCUT2D eigenvalue weighted by molar-refractivity contribution is 9.10. The molecule has 0 saturated heterocycles. The van der Waals surface area contributed by atoms with E-state index in [9.17, 15) is 4.79 Å². The lowest BCUT2D eigenvalue weighted by molar-refractivity contribution is 0.0624. The summed E-state index contributed by atoms with van der Waals surface area (Å²) in [6.45, 7) is 8.46. The van der Waals surface area contributed by atoms with Gasteiger partial charge in [0, 0.05) is 23.8 Å². The van der Waals surface area contributed by atoms with E-state index in [2.05, 4.69) is 48.6 Å². The first-order chi connectivity index (χ1) is 7.23. The Bertz CT molecular complexity index is 379. The fraction of sp³-hybridized carbons (Fsp3) is 0.583. The zero-order valence-electron chi connectivity index (χ0n) is 10.5. The highest BCUT2D eigenvalue weighted by atomic mass is 79.9. The van der Waals surface area contributed by atoms with Crippen LogP contribution in [0.3, 0.4) is 0 Å². The molecule has 3 nitrogen and oxygen atoms in total. The summed E-state index contributed by atoms with van der Waals surface area (Å²) in [5.41, 5.74) is 0.694. The maximum Gasteiger partial charge on any atom is 0.270 e. The number of nitrogens with zero attached hydrogens (tertiary/aromatic N) is 1. The maximum absolute atomic E-state index is 12.1. The van der Waals surface area contributed by atoms with Gasteiger partial charge in [0.25, 0.3) is 5.91 Å². The first kappa shape index (κ1) is 13.3. The summed E-state index contributed by atoms with van der Waals surface area (Å²) >= 11 is 3.32. The highest BCUT2D eigenvalue weighted by Gasteiger charge is 2.27. The van der Waals surface area contributed by atoms with Crippen molar-refractivity contribution in [1.82, 2.24) is 9.88 Å². The molecule has 0 spiro atoms. The molecule has 0 aromatic carbocycles. The molecule has 0 radical (unpaired) electrons. The second kappa shape index (κ2) is 4.62. The van der Waals surface area contributed by atoms with Crippen LogP contribution < -0.4 is 0 Å². The third-order valence-electron chi connectivity index (χ3n) is 3.03. The number of carbonyl (C=O) groups excluding carboxylic acids is 1. The van der Waals surface area contributed by atoms with Crippen LogP contribution in [-0.2, 0) is 0 Å². The molecule has 0 saturated carbocycles. The molecule has 1 rings (SSSR count). The number of aromatic nitrogens is 1. The van der Waals surface area contributed by atoms with Crippen molar-refractivity contribution < 1.29 is 4.79 Å². The molecule has 0 bridgehead atoms. The number of amides is 1. The summed E-state index contributed by atoms with van der Waals surface area (Å²) < 4.78 is 0.896. The monoisotopic (exact) mass is 286 g/mol. The Morgan fingerprint density at radius 1 is 1.50 bits per heavy atom. The molecule has 90 valence electrons. The predicted octanol–water partition coefficient (Wildman–Crippen LogP) is 3.28. The number of halogens is 1. The summed E-state index contributed by atoms with van der Waals surface area (Å²) in [6.07, 6.45) is 1.77. The van der Waals surface area contributed by atoms with E-state index in [0.717, 1.165) is 4.47 Å². The molecule has 1 heterocycles. The molecule has 1 unspecified atom stereocenters. The number of H-pyrrole nitrogens is 1. The number of rotatable bonds is 2. The van der Waals surface area contributed by atoms with E-state index in [0.29, 0.717) is 5.69 Å². The van der Waals surface area contributed by atoms with Gasteiger partial charge >= 0.3 is 0 Å². The van der Waals surface area contributed by atoms with Crippen LogP contribution in [0.4, 0.5) is 0 Å². The molecule has 0 aliphatic heterocycles. The van der Waals surface area contributed by atoms with Crippen LogP contribution >= 0.6 is 15.9 Å². The molecular weight excluding hydrogens is 268 g/mol. The Morgan fingerprint density at radius 2 is 2.06 bits per heavy atom. The van der Waals surface area contributed by atoms with Gasteiger partial charge in [-0.3, -0.25) is 4.79 Å². The van der Waals surface area contributed by atoms with Crippen LogP contribution in [0.1, 0.15) is 38.2 Å². The molecule has 1 aromatic rings. The van der Waals surface area contributed by atoms with Crippen molar-refractivity contribution in [3.05, 3.63) is 22.4 Å². The molecule has 16 heavy (non-hydrogen) atoms. The minimum atomic E-state index is 0.0214. The van der Waals surface area contributed by atoms with Gasteiger partial charge in [0.15, 0.2) is 0 Å². The fourth-order valence-electron chi connectivity index (χ4n) is 1.44. The standard InChI is InChI=1S/C12H19BrN2O/c1-8(12(2,3)4)15(5)11(16)10-6-9(13)7-14-10/h6-8,14H,1-5H3. The lowest BCUT2D eigenvalue weighted by Crippen LogP contribution is -2.43. The average Bonchev–Trinajstić information content (AvgIpc) is 2.60. The van der Waals surface area contributed by atoms with Crippen LogP contribution in [-0.4, -0.2) is 28.9 Å². The van der Waals surface area contributed by atoms with Crippen molar-refractivity contribution >= 4 is 21.8 Å². The Balaban J connectivity index is 2.83. The molecule has 0 fully saturated rings. The average molecular weight is 287 g/mol. The molecule has 1 N–H and O–H groups in total. The first-order valence-corrected chi connectivity index (χ1v) is 6.14. The molecule has 4 heteroatoms. The van der Waals surface area contributed by atoms with Crippen molar-refractivity contribution in [2.45, 2.75) is 33.7 Å². The summed E-state index contributed by atoms with van der Waals surface area (Å²) in [4.78, 5) is 16.9. The van der Waals surface area contributed by atoms with Gasteiger partial charge in [0.1, 0.15) is 5.69 Å². The second-order valence-electron chi connectivity index (χ2n) is 5.19. The van der Waals surface area contributed by atoms with Crippen LogP contribution in [0.25, 0.3) is 0 Å². The SMILES string of the molecule is CC(N(C)C(=O)c1cc(Br)c[nH]1)C(C)(C)C. The topological polar surface area (TPSA) is 36.1 Å². The summed E-state index contributed by atoms with van der Waals surface area (Å²) in [5, 5.41) is 0. The summed E-state index contributed by atoms with van der Waals surface area (Å²) in [6, 6.07) is 1.98. The van der Waals surface area contributed by atoms with Crippen LogP contribution in [0, 0.1) is 5.41 Å². The van der Waals surface area contributed by atoms with Gasteiger partial charge < -0.3 is 9.88 Å². The second-order valence-corrected chi connectivity index (χ2v) is 6.11. The number of hydrogen-bond acceptors (Lipinski definition) is 1. The minimum Gasteiger partial charge on any atom is -0.356 e. The van der Waals surface area contributed by atoms with Crippen LogP contribution in [0.5, 0.6) is 0 Å². The number of nitrogens with one attached hydrogen (secondary N) is 1. The van der Waals surface area contributed by atoms with E-state index in [4.69, 9.17) is 0 Å². The van der Waals surface area contributed by atoms with Crippen LogP contribution in [0.2, 0.25) is 0 Å². The van der Waals surface area contributed by atoms with Gasteiger partial charge in [-0.05, 0) is 34.3 Å². The summed E-state index contributed by atoms with van der Waals surface area (Å²) in [5.74, 6) is 0.0214. The largest absolute Gasteiger partial charge is 0.356 e. The Hall–Kier alpha value is -0.770. The smallest absolute Gasteiger partial charge is 0.270 e. The molecule has 1 atom stereocenters. The van der Waals surface area contributed by atoms with Crippen molar-refractivity contribution in [1.29, 1.82) is 0 Å². The molecular formula is C12H19BrN2O. The normalized spacial score (nSPS) is 13.6. The Morgan fingerprint density at radius 3 is 2.44 bits per heavy atom. The third kappa shape index (κ3) is 2.88. The van der Waals surface area contributed by atoms with E-state index in [-0.39, 0.29) is 17.4 Å². The Kier molecular flexibility index (Phi) is 3.84. The number of aromatic amines is 1. The molecule has 0 aliphatic carbocycles. The van der Waals surface area contributed by atoms with Gasteiger partial charge in [-0.1, -0.05) is 20.8 Å². The van der Waals surface area contributed by atoms with Gasteiger partial charge in [0.2, 0.25) is 0 Å². The Labute approximate surface area is 105 Å². The van der Waals surface area contributed by atoms with E-state index in [1.54, 1.807) is 17.2 Å². The summed E-state index contributed by atoms with van der Waals surface area (Å²) in [7, 11) is 1.84. The zero-order valence-corrected chi connectivity index (χ0v) is 12.1. The van der Waals surface area contributed by atoms with Crippen molar-refractivity contribution in [2.24, 2.45) is 5.41 Å². The van der Waals surface area contributed by atoms with Crippen molar-refractivity contribution in [2.75, 3.05) is 7.05 Å². The first-order valence-electron chi connectivity index (χ1n) is 5.34. The maximum atomic E-state index is 12.1. The quantitative estimate of drug-likeness (QED) is 0.890. The zero-order chi connectivity index (χ0) is 12.5. The van der Waals surface area contributed by atoms with Gasteiger partial charge in [-0.25, -0.2) is 0 Å². The number of carbonyl (C=O) groups is 1. The molecule has 1 amide bonds. The molecule has 1 aromatic heterocycles. The number of hydrogen-bond donors (Lipinski definition) is 1. The van der Waals surface area contributed by atoms with Gasteiger partial charge in [-0.15, -0.1) is 0 Å². The van der Waals surface area contributed by atoms with Crippen molar-refractivity contribution in [3.63, 3.8) is 0 Å². The lowest BCUT2D eigenvalue weighted by atomic mass is 9.87. The van der Waals surface area contributed by atoms with Gasteiger partial charge in [-0.2, -0.15) is 0 Å². The van der Waals surface area contributed by atoms with Crippen LogP contribution in [0.15, 0.2) is 16.7 Å². The van der Waals surface area contributed by atoms with E-state index >= 15 is 0 Å². The van der Waals surface area contributed by atoms with Gasteiger partial charge in [0.05, 0.1) is 0 Å². The fourth-order valence-corrected chi connectivity index (χ4v) is 1.78. The van der Waals surface area contributed by atoms with Crippen molar-refractivity contribution in [3.8, 4) is 0 Å². The molecule has 0 aliphatic rings.